The monoisotopic (exact) mass is 350 g/mol. The number of non-ortho nitro benzene ring substituents is 1. The SMILES string of the molecule is COc1ccc([N+](=O)[O-])cc1C(=O)N(C)Cc1ccc2ccccc2c1. The van der Waals surface area contributed by atoms with E-state index in [0.29, 0.717) is 12.3 Å². The van der Waals surface area contributed by atoms with Crippen molar-refractivity contribution in [1.29, 1.82) is 0 Å². The van der Waals surface area contributed by atoms with Gasteiger partial charge in [0.05, 0.1) is 17.6 Å². The fraction of sp³-hybridized carbons (Fsp3) is 0.150. The summed E-state index contributed by atoms with van der Waals surface area (Å²) in [6.07, 6.45) is 0. The number of nitro groups is 1. The molecule has 0 bridgehead atoms. The Bertz CT molecular complexity index is 984. The standard InChI is InChI=1S/C20H18N2O4/c1-21(13-14-7-8-15-5-3-4-6-16(15)11-14)20(23)18-12-17(22(24)25)9-10-19(18)26-2/h3-12H,13H2,1-2H3. The van der Waals surface area contributed by atoms with Crippen molar-refractivity contribution in [2.75, 3.05) is 14.2 Å². The Labute approximate surface area is 150 Å². The van der Waals surface area contributed by atoms with Gasteiger partial charge in [0, 0.05) is 25.7 Å². The molecule has 0 heterocycles. The van der Waals surface area contributed by atoms with Crippen molar-refractivity contribution in [3.05, 3.63) is 81.9 Å². The molecule has 0 aliphatic carbocycles. The summed E-state index contributed by atoms with van der Waals surface area (Å²) in [6, 6.07) is 18.0. The summed E-state index contributed by atoms with van der Waals surface area (Å²) in [5.41, 5.74) is 1.00. The molecule has 26 heavy (non-hydrogen) atoms. The van der Waals surface area contributed by atoms with Crippen LogP contribution in [0.1, 0.15) is 15.9 Å². The maximum absolute atomic E-state index is 12.8. The molecule has 0 saturated heterocycles. The van der Waals surface area contributed by atoms with Gasteiger partial charge in [-0.2, -0.15) is 0 Å². The topological polar surface area (TPSA) is 72.7 Å². The van der Waals surface area contributed by atoms with E-state index < -0.39 is 4.92 Å². The molecule has 132 valence electrons. The fourth-order valence-electron chi connectivity index (χ4n) is 2.87. The van der Waals surface area contributed by atoms with Gasteiger partial charge in [-0.1, -0.05) is 36.4 Å². The van der Waals surface area contributed by atoms with Crippen LogP contribution in [0.2, 0.25) is 0 Å². The molecule has 0 N–H and O–H groups in total. The highest BCUT2D eigenvalue weighted by atomic mass is 16.6. The summed E-state index contributed by atoms with van der Waals surface area (Å²) in [7, 11) is 3.09. The molecule has 3 aromatic carbocycles. The Morgan fingerprint density at radius 3 is 2.50 bits per heavy atom. The average Bonchev–Trinajstić information content (AvgIpc) is 2.66. The lowest BCUT2D eigenvalue weighted by molar-refractivity contribution is -0.384. The Hall–Kier alpha value is -3.41. The maximum atomic E-state index is 12.8. The van der Waals surface area contributed by atoms with E-state index in [1.807, 2.05) is 42.5 Å². The predicted octanol–water partition coefficient (Wildman–Crippen LogP) is 4.03. The molecule has 0 saturated carbocycles. The van der Waals surface area contributed by atoms with Gasteiger partial charge in [-0.05, 0) is 28.5 Å². The molecule has 0 aliphatic heterocycles. The molecule has 0 radical (unpaired) electrons. The lowest BCUT2D eigenvalue weighted by Crippen LogP contribution is -2.26. The fourth-order valence-corrected chi connectivity index (χ4v) is 2.87. The van der Waals surface area contributed by atoms with E-state index in [4.69, 9.17) is 4.74 Å². The summed E-state index contributed by atoms with van der Waals surface area (Å²) in [4.78, 5) is 24.8. The number of carbonyl (C=O) groups excluding carboxylic acids is 1. The molecule has 0 aliphatic rings. The molecule has 6 heteroatoms. The normalized spacial score (nSPS) is 10.5. The van der Waals surface area contributed by atoms with Crippen molar-refractivity contribution >= 4 is 22.4 Å². The van der Waals surface area contributed by atoms with Crippen molar-refractivity contribution in [2.24, 2.45) is 0 Å². The molecule has 3 rings (SSSR count). The molecule has 0 atom stereocenters. The van der Waals surface area contributed by atoms with Crippen LogP contribution in [0.3, 0.4) is 0 Å². The van der Waals surface area contributed by atoms with E-state index in [1.165, 1.54) is 30.2 Å². The third-order valence-corrected chi connectivity index (χ3v) is 4.20. The highest BCUT2D eigenvalue weighted by molar-refractivity contribution is 5.97. The van der Waals surface area contributed by atoms with Crippen molar-refractivity contribution in [1.82, 2.24) is 4.90 Å². The average molecular weight is 350 g/mol. The number of rotatable bonds is 5. The third kappa shape index (κ3) is 3.49. The van der Waals surface area contributed by atoms with E-state index in [9.17, 15) is 14.9 Å². The van der Waals surface area contributed by atoms with Crippen LogP contribution in [0, 0.1) is 10.1 Å². The second-order valence-corrected chi connectivity index (χ2v) is 5.98. The smallest absolute Gasteiger partial charge is 0.270 e. The van der Waals surface area contributed by atoms with Gasteiger partial charge in [0.25, 0.3) is 11.6 Å². The minimum Gasteiger partial charge on any atom is -0.496 e. The molecular weight excluding hydrogens is 332 g/mol. The number of fused-ring (bicyclic) bond motifs is 1. The number of carbonyl (C=O) groups is 1. The van der Waals surface area contributed by atoms with Crippen LogP contribution in [0.15, 0.2) is 60.7 Å². The molecule has 0 aromatic heterocycles. The van der Waals surface area contributed by atoms with Gasteiger partial charge in [-0.25, -0.2) is 0 Å². The summed E-state index contributed by atoms with van der Waals surface area (Å²) in [6.45, 7) is 0.384. The first-order chi connectivity index (χ1) is 12.5. The maximum Gasteiger partial charge on any atom is 0.270 e. The van der Waals surface area contributed by atoms with E-state index in [0.717, 1.165) is 16.3 Å². The molecular formula is C20H18N2O4. The van der Waals surface area contributed by atoms with Crippen molar-refractivity contribution in [3.8, 4) is 5.75 Å². The van der Waals surface area contributed by atoms with Crippen LogP contribution in [0.5, 0.6) is 5.75 Å². The lowest BCUT2D eigenvalue weighted by Gasteiger charge is -2.19. The van der Waals surface area contributed by atoms with Gasteiger partial charge >= 0.3 is 0 Å². The second-order valence-electron chi connectivity index (χ2n) is 5.98. The van der Waals surface area contributed by atoms with E-state index in [1.54, 1.807) is 7.05 Å². The number of ether oxygens (including phenoxy) is 1. The highest BCUT2D eigenvalue weighted by Crippen LogP contribution is 2.26. The number of benzene rings is 3. The number of methoxy groups -OCH3 is 1. The van der Waals surface area contributed by atoms with Crippen molar-refractivity contribution in [3.63, 3.8) is 0 Å². The minimum atomic E-state index is -0.528. The summed E-state index contributed by atoms with van der Waals surface area (Å²) >= 11 is 0. The number of hydrogen-bond acceptors (Lipinski definition) is 4. The van der Waals surface area contributed by atoms with Gasteiger partial charge in [0.2, 0.25) is 0 Å². The van der Waals surface area contributed by atoms with Crippen LogP contribution >= 0.6 is 0 Å². The van der Waals surface area contributed by atoms with Crippen LogP contribution in [0.4, 0.5) is 5.69 Å². The molecule has 1 amide bonds. The lowest BCUT2D eigenvalue weighted by atomic mass is 10.1. The first kappa shape index (κ1) is 17.4. The summed E-state index contributed by atoms with van der Waals surface area (Å²) in [5, 5.41) is 13.2. The molecule has 0 fully saturated rings. The zero-order valence-electron chi connectivity index (χ0n) is 14.5. The Balaban J connectivity index is 1.86. The number of amides is 1. The van der Waals surface area contributed by atoms with E-state index in [-0.39, 0.29) is 17.2 Å². The zero-order valence-corrected chi connectivity index (χ0v) is 14.5. The molecule has 3 aromatic rings. The largest absolute Gasteiger partial charge is 0.496 e. The Kier molecular flexibility index (Phi) is 4.84. The minimum absolute atomic E-state index is 0.145. The molecule has 6 nitrogen and oxygen atoms in total. The number of hydrogen-bond donors (Lipinski definition) is 0. The van der Waals surface area contributed by atoms with Crippen LogP contribution in [-0.4, -0.2) is 29.9 Å². The predicted molar refractivity (Wildman–Crippen MR) is 99.4 cm³/mol. The van der Waals surface area contributed by atoms with E-state index in [2.05, 4.69) is 0 Å². The quantitative estimate of drug-likeness (QED) is 0.514. The van der Waals surface area contributed by atoms with Gasteiger partial charge < -0.3 is 9.64 Å². The summed E-state index contributed by atoms with van der Waals surface area (Å²) in [5.74, 6) is -0.0235. The van der Waals surface area contributed by atoms with Crippen LogP contribution in [0.25, 0.3) is 10.8 Å². The second kappa shape index (κ2) is 7.23. The molecule has 0 spiro atoms. The summed E-state index contributed by atoms with van der Waals surface area (Å²) < 4.78 is 5.19. The number of nitro benzene ring substituents is 1. The van der Waals surface area contributed by atoms with Gasteiger partial charge in [0.1, 0.15) is 5.75 Å². The first-order valence-corrected chi connectivity index (χ1v) is 8.05. The zero-order chi connectivity index (χ0) is 18.7. The van der Waals surface area contributed by atoms with Gasteiger partial charge in [-0.15, -0.1) is 0 Å². The third-order valence-electron chi connectivity index (χ3n) is 4.20. The highest BCUT2D eigenvalue weighted by Gasteiger charge is 2.20. The van der Waals surface area contributed by atoms with Gasteiger partial charge in [0.15, 0.2) is 0 Å². The van der Waals surface area contributed by atoms with Crippen LogP contribution in [-0.2, 0) is 6.54 Å². The van der Waals surface area contributed by atoms with Crippen LogP contribution < -0.4 is 4.74 Å². The Morgan fingerprint density at radius 2 is 1.81 bits per heavy atom. The molecule has 0 unspecified atom stereocenters. The number of nitrogens with zero attached hydrogens (tertiary/aromatic N) is 2. The Morgan fingerprint density at radius 1 is 1.08 bits per heavy atom. The first-order valence-electron chi connectivity index (χ1n) is 8.05. The van der Waals surface area contributed by atoms with Gasteiger partial charge in [-0.3, -0.25) is 14.9 Å². The van der Waals surface area contributed by atoms with E-state index >= 15 is 0 Å². The van der Waals surface area contributed by atoms with Crippen molar-refractivity contribution in [2.45, 2.75) is 6.54 Å². The van der Waals surface area contributed by atoms with Crippen molar-refractivity contribution < 1.29 is 14.5 Å².